The van der Waals surface area contributed by atoms with Gasteiger partial charge >= 0.3 is 0 Å². The van der Waals surface area contributed by atoms with Crippen molar-refractivity contribution in [1.82, 2.24) is 9.97 Å². The lowest BCUT2D eigenvalue weighted by Gasteiger charge is -2.41. The van der Waals surface area contributed by atoms with Crippen LogP contribution in [0, 0.1) is 18.3 Å². The fraction of sp³-hybridized carbons (Fsp3) is 0.333. The molecular formula is C21H21ClFN5O3. The summed E-state index contributed by atoms with van der Waals surface area (Å²) in [6.07, 6.45) is 7.29. The van der Waals surface area contributed by atoms with E-state index in [2.05, 4.69) is 26.2 Å². The number of alkyl halides is 1. The molecule has 1 aromatic heterocycles. The van der Waals surface area contributed by atoms with Gasteiger partial charge in [0, 0.05) is 22.2 Å². The lowest BCUT2D eigenvalue weighted by molar-refractivity contribution is 0.0511. The molecule has 0 bridgehead atoms. The van der Waals surface area contributed by atoms with Crippen LogP contribution < -0.4 is 15.8 Å². The zero-order valence-electron chi connectivity index (χ0n) is 16.9. The number of carbonyl (C=O) groups excluding carboxylic acids is 1. The number of aromatic nitrogens is 2. The van der Waals surface area contributed by atoms with Crippen molar-refractivity contribution in [2.24, 2.45) is 16.6 Å². The summed E-state index contributed by atoms with van der Waals surface area (Å²) in [7, 11) is 0. The number of anilines is 1. The second-order valence-electron chi connectivity index (χ2n) is 7.00. The van der Waals surface area contributed by atoms with Crippen molar-refractivity contribution in [2.45, 2.75) is 25.5 Å². The summed E-state index contributed by atoms with van der Waals surface area (Å²) in [6, 6.07) is 4.61. The van der Waals surface area contributed by atoms with Crippen molar-refractivity contribution in [3.8, 4) is 18.2 Å². The molecule has 3 rings (SSSR count). The molecule has 2 heterocycles. The van der Waals surface area contributed by atoms with Crippen LogP contribution in [-0.2, 0) is 10.3 Å². The first kappa shape index (κ1) is 22.3. The number of terminal acetylenes is 1. The molecule has 0 fully saturated rings. The Bertz CT molecular complexity index is 1040. The van der Waals surface area contributed by atoms with Gasteiger partial charge in [-0.1, -0.05) is 24.4 Å². The Balaban J connectivity index is 1.88. The maximum absolute atomic E-state index is 14.4. The summed E-state index contributed by atoms with van der Waals surface area (Å²) in [6.45, 7) is 2.79. The SMILES string of the molecule is C#CCOc1cnc(C(=O)Nc2ccc(Cl)c([C@]3(CF)N=C(N)OC(C)[C@H]3C)c2)cn1. The lowest BCUT2D eigenvalue weighted by Crippen LogP contribution is -2.48. The first-order chi connectivity index (χ1) is 14.8. The van der Waals surface area contributed by atoms with Crippen LogP contribution in [0.15, 0.2) is 35.6 Å². The molecule has 1 aromatic carbocycles. The highest BCUT2D eigenvalue weighted by atomic mass is 35.5. The molecule has 0 saturated heterocycles. The largest absolute Gasteiger partial charge is 0.463 e. The minimum absolute atomic E-state index is 0.0408. The number of nitrogens with one attached hydrogen (secondary N) is 1. The molecule has 10 heteroatoms. The van der Waals surface area contributed by atoms with Gasteiger partial charge in [-0.3, -0.25) is 4.79 Å². The Hall–Kier alpha value is -3.38. The van der Waals surface area contributed by atoms with E-state index in [1.54, 1.807) is 32.0 Å². The van der Waals surface area contributed by atoms with Crippen molar-refractivity contribution in [3.63, 3.8) is 0 Å². The van der Waals surface area contributed by atoms with Crippen LogP contribution in [0.2, 0.25) is 5.02 Å². The fourth-order valence-corrected chi connectivity index (χ4v) is 3.57. The Morgan fingerprint density at radius 3 is 2.84 bits per heavy atom. The van der Waals surface area contributed by atoms with E-state index < -0.39 is 18.1 Å². The topological polar surface area (TPSA) is 112 Å². The molecule has 1 unspecified atom stereocenters. The summed E-state index contributed by atoms with van der Waals surface area (Å²) in [4.78, 5) is 24.8. The van der Waals surface area contributed by atoms with Crippen LogP contribution in [0.25, 0.3) is 0 Å². The van der Waals surface area contributed by atoms with E-state index in [9.17, 15) is 9.18 Å². The highest BCUT2D eigenvalue weighted by Crippen LogP contribution is 2.43. The number of halogens is 2. The number of nitrogens with two attached hydrogens (primary N) is 1. The summed E-state index contributed by atoms with van der Waals surface area (Å²) in [5.74, 6) is 1.62. The number of benzene rings is 1. The second-order valence-corrected chi connectivity index (χ2v) is 7.41. The molecule has 8 nitrogen and oxygen atoms in total. The van der Waals surface area contributed by atoms with Crippen LogP contribution in [0.4, 0.5) is 10.1 Å². The Morgan fingerprint density at radius 1 is 1.42 bits per heavy atom. The monoisotopic (exact) mass is 445 g/mol. The maximum atomic E-state index is 14.4. The third kappa shape index (κ3) is 4.54. The Morgan fingerprint density at radius 2 is 2.19 bits per heavy atom. The van der Waals surface area contributed by atoms with Crippen LogP contribution >= 0.6 is 11.6 Å². The zero-order chi connectivity index (χ0) is 22.6. The molecule has 1 amide bonds. The van der Waals surface area contributed by atoms with E-state index in [0.717, 1.165) is 0 Å². The molecule has 31 heavy (non-hydrogen) atoms. The predicted molar refractivity (Wildman–Crippen MR) is 115 cm³/mol. The third-order valence-electron chi connectivity index (χ3n) is 5.13. The molecule has 3 N–H and O–H groups in total. The standard InChI is InChI=1S/C21H21ClFN5O3/c1-4-7-30-18-10-25-17(9-26-18)19(29)27-14-5-6-16(22)15(8-14)21(11-23)12(2)13(3)31-20(24)28-21/h1,5-6,8-10,12-13H,7,11H2,2-3H3,(H2,24,28)(H,27,29)/t12-,13?,21-/m1/s1. The van der Waals surface area contributed by atoms with Gasteiger partial charge in [0.05, 0.1) is 12.4 Å². The molecule has 0 spiro atoms. The number of nitrogens with zero attached hydrogens (tertiary/aromatic N) is 3. The highest BCUT2D eigenvalue weighted by molar-refractivity contribution is 6.31. The predicted octanol–water partition coefficient (Wildman–Crippen LogP) is 2.93. The summed E-state index contributed by atoms with van der Waals surface area (Å²) in [5, 5.41) is 2.99. The number of ether oxygens (including phenoxy) is 2. The minimum atomic E-state index is -1.34. The first-order valence-corrected chi connectivity index (χ1v) is 9.76. The molecule has 162 valence electrons. The van der Waals surface area contributed by atoms with Gasteiger partial charge in [-0.25, -0.2) is 19.4 Å². The van der Waals surface area contributed by atoms with Gasteiger partial charge in [0.1, 0.15) is 24.0 Å². The van der Waals surface area contributed by atoms with Crippen LogP contribution in [0.1, 0.15) is 29.9 Å². The van der Waals surface area contributed by atoms with Crippen molar-refractivity contribution in [3.05, 3.63) is 46.9 Å². The van der Waals surface area contributed by atoms with Gasteiger partial charge in [0.25, 0.3) is 11.9 Å². The zero-order valence-corrected chi connectivity index (χ0v) is 17.7. The number of hydrogen-bond acceptors (Lipinski definition) is 7. The molecule has 1 aliphatic rings. The van der Waals surface area contributed by atoms with E-state index in [4.69, 9.17) is 33.2 Å². The number of aliphatic imine (C=N–C) groups is 1. The molecule has 1 aliphatic heterocycles. The normalized spacial score (nSPS) is 22.6. The van der Waals surface area contributed by atoms with Gasteiger partial charge in [0.15, 0.2) is 6.61 Å². The third-order valence-corrected chi connectivity index (χ3v) is 5.46. The maximum Gasteiger partial charge on any atom is 0.283 e. The highest BCUT2D eigenvalue weighted by Gasteiger charge is 2.46. The second kappa shape index (κ2) is 9.18. The minimum Gasteiger partial charge on any atom is -0.463 e. The quantitative estimate of drug-likeness (QED) is 0.661. The molecule has 0 radical (unpaired) electrons. The molecule has 0 aliphatic carbocycles. The number of rotatable bonds is 6. The average molecular weight is 446 g/mol. The van der Waals surface area contributed by atoms with Gasteiger partial charge in [-0.15, -0.1) is 6.42 Å². The number of amides is 1. The molecule has 2 aromatic rings. The van der Waals surface area contributed by atoms with Crippen LogP contribution in [0.5, 0.6) is 5.88 Å². The summed E-state index contributed by atoms with van der Waals surface area (Å²) >= 11 is 6.39. The smallest absolute Gasteiger partial charge is 0.283 e. The Labute approximate surface area is 184 Å². The number of hydrogen-bond donors (Lipinski definition) is 2. The molecular weight excluding hydrogens is 425 g/mol. The summed E-state index contributed by atoms with van der Waals surface area (Å²) in [5.41, 5.74) is 5.27. The summed E-state index contributed by atoms with van der Waals surface area (Å²) < 4.78 is 24.9. The van der Waals surface area contributed by atoms with E-state index in [1.807, 2.05) is 0 Å². The Kier molecular flexibility index (Phi) is 6.61. The van der Waals surface area contributed by atoms with E-state index in [1.165, 1.54) is 12.4 Å². The van der Waals surface area contributed by atoms with E-state index >= 15 is 0 Å². The average Bonchev–Trinajstić information content (AvgIpc) is 2.76. The van der Waals surface area contributed by atoms with Crippen molar-refractivity contribution in [1.29, 1.82) is 0 Å². The van der Waals surface area contributed by atoms with Crippen LogP contribution in [0.3, 0.4) is 0 Å². The lowest BCUT2D eigenvalue weighted by atomic mass is 9.77. The van der Waals surface area contributed by atoms with Gasteiger partial charge < -0.3 is 20.5 Å². The van der Waals surface area contributed by atoms with Crippen LogP contribution in [-0.4, -0.2) is 41.3 Å². The van der Waals surface area contributed by atoms with Gasteiger partial charge in [-0.2, -0.15) is 0 Å². The van der Waals surface area contributed by atoms with Gasteiger partial charge in [0.2, 0.25) is 5.88 Å². The number of carbonyl (C=O) groups is 1. The van der Waals surface area contributed by atoms with Gasteiger partial charge in [-0.05, 0) is 25.1 Å². The van der Waals surface area contributed by atoms with Crippen molar-refractivity contribution < 1.29 is 18.7 Å². The van der Waals surface area contributed by atoms with E-state index in [0.29, 0.717) is 16.3 Å². The first-order valence-electron chi connectivity index (χ1n) is 9.38. The van der Waals surface area contributed by atoms with Crippen molar-refractivity contribution >= 4 is 29.2 Å². The fourth-order valence-electron chi connectivity index (χ4n) is 3.29. The number of amidine groups is 1. The molecule has 3 atom stereocenters. The van der Waals surface area contributed by atoms with E-state index in [-0.39, 0.29) is 36.2 Å². The molecule has 0 saturated carbocycles. The van der Waals surface area contributed by atoms with Crippen molar-refractivity contribution in [2.75, 3.05) is 18.6 Å².